The van der Waals surface area contributed by atoms with Crippen LogP contribution in [0.2, 0.25) is 0 Å². The van der Waals surface area contributed by atoms with Crippen molar-refractivity contribution in [1.82, 2.24) is 5.32 Å². The number of carbonyl (C=O) groups is 2. The van der Waals surface area contributed by atoms with Gasteiger partial charge in [0, 0.05) is 12.2 Å². The summed E-state index contributed by atoms with van der Waals surface area (Å²) < 4.78 is 4.57. The van der Waals surface area contributed by atoms with Crippen LogP contribution in [-0.4, -0.2) is 25.5 Å². The van der Waals surface area contributed by atoms with Crippen molar-refractivity contribution >= 4 is 17.6 Å². The molecular formula is C15H20N2O3. The van der Waals surface area contributed by atoms with E-state index in [0.717, 1.165) is 23.7 Å². The van der Waals surface area contributed by atoms with Crippen molar-refractivity contribution in [1.29, 1.82) is 0 Å². The van der Waals surface area contributed by atoms with Gasteiger partial charge in [0.2, 0.25) is 0 Å². The number of hydrogen-bond donors (Lipinski definition) is 2. The molecule has 0 aliphatic heterocycles. The van der Waals surface area contributed by atoms with Gasteiger partial charge in [0.1, 0.15) is 5.70 Å². The van der Waals surface area contributed by atoms with Gasteiger partial charge >= 0.3 is 5.97 Å². The normalized spacial score (nSPS) is 10.8. The predicted octanol–water partition coefficient (Wildman–Crippen LogP) is 1.85. The highest BCUT2D eigenvalue weighted by atomic mass is 16.5. The van der Waals surface area contributed by atoms with E-state index in [1.165, 1.54) is 7.11 Å². The number of para-hydroxylation sites is 1. The van der Waals surface area contributed by atoms with Crippen LogP contribution in [0.5, 0.6) is 0 Å². The zero-order valence-corrected chi connectivity index (χ0v) is 12.0. The third-order valence-corrected chi connectivity index (χ3v) is 2.71. The van der Waals surface area contributed by atoms with Gasteiger partial charge in [0.15, 0.2) is 0 Å². The monoisotopic (exact) mass is 276 g/mol. The van der Waals surface area contributed by atoms with Gasteiger partial charge in [-0.25, -0.2) is 4.79 Å². The third-order valence-electron chi connectivity index (χ3n) is 2.71. The second kappa shape index (κ2) is 7.99. The molecule has 5 heteroatoms. The maximum Gasteiger partial charge on any atom is 0.332 e. The molecule has 0 saturated heterocycles. The van der Waals surface area contributed by atoms with Crippen LogP contribution in [0.25, 0.3) is 0 Å². The highest BCUT2D eigenvalue weighted by Gasteiger charge is 2.12. The summed E-state index contributed by atoms with van der Waals surface area (Å²) in [4.78, 5) is 23.3. The number of aryl methyl sites for hydroxylation is 1. The number of esters is 1. The van der Waals surface area contributed by atoms with E-state index in [0.29, 0.717) is 6.54 Å². The molecule has 0 radical (unpaired) electrons. The Bertz CT molecular complexity index is 510. The molecule has 1 aromatic carbocycles. The first-order chi connectivity index (χ1) is 9.62. The summed E-state index contributed by atoms with van der Waals surface area (Å²) in [6.07, 6.45) is 1.97. The number of anilines is 1. The molecule has 0 unspecified atom stereocenters. The molecule has 0 atom stereocenters. The zero-order valence-electron chi connectivity index (χ0n) is 12.0. The van der Waals surface area contributed by atoms with E-state index in [4.69, 9.17) is 0 Å². The largest absolute Gasteiger partial charge is 0.466 e. The van der Waals surface area contributed by atoms with Gasteiger partial charge in [-0.1, -0.05) is 25.1 Å². The molecule has 108 valence electrons. The molecular weight excluding hydrogens is 256 g/mol. The molecule has 5 nitrogen and oxygen atoms in total. The van der Waals surface area contributed by atoms with Crippen LogP contribution in [0.15, 0.2) is 36.0 Å². The lowest BCUT2D eigenvalue weighted by Gasteiger charge is -2.13. The summed E-state index contributed by atoms with van der Waals surface area (Å²) in [7, 11) is 1.27. The van der Waals surface area contributed by atoms with Crippen molar-refractivity contribution in [2.45, 2.75) is 20.3 Å². The van der Waals surface area contributed by atoms with E-state index in [2.05, 4.69) is 15.4 Å². The fourth-order valence-corrected chi connectivity index (χ4v) is 1.69. The van der Waals surface area contributed by atoms with Gasteiger partial charge in [0.25, 0.3) is 5.91 Å². The van der Waals surface area contributed by atoms with E-state index < -0.39 is 5.97 Å². The van der Waals surface area contributed by atoms with Gasteiger partial charge in [-0.3, -0.25) is 4.79 Å². The second-order valence-electron chi connectivity index (χ2n) is 4.08. The Hall–Kier alpha value is -2.30. The quantitative estimate of drug-likeness (QED) is 0.614. The smallest absolute Gasteiger partial charge is 0.332 e. The molecule has 1 amide bonds. The van der Waals surface area contributed by atoms with E-state index in [9.17, 15) is 9.59 Å². The Morgan fingerprint density at radius 1 is 1.25 bits per heavy atom. The lowest BCUT2D eigenvalue weighted by Crippen LogP contribution is -2.28. The molecule has 1 rings (SSSR count). The SMILES string of the molecule is CCNC(=O)/C(=C/C(=O)OC)Nc1ccccc1CC. The molecule has 0 heterocycles. The van der Waals surface area contributed by atoms with Gasteiger partial charge in [-0.05, 0) is 25.0 Å². The number of ether oxygens (including phenoxy) is 1. The van der Waals surface area contributed by atoms with E-state index in [1.807, 2.05) is 38.1 Å². The number of likely N-dealkylation sites (N-methyl/N-ethyl adjacent to an activating group) is 1. The van der Waals surface area contributed by atoms with Crippen LogP contribution in [0.4, 0.5) is 5.69 Å². The molecule has 0 aromatic heterocycles. The minimum atomic E-state index is -0.576. The van der Waals surface area contributed by atoms with Crippen molar-refractivity contribution in [3.8, 4) is 0 Å². The zero-order chi connectivity index (χ0) is 15.0. The van der Waals surface area contributed by atoms with Crippen LogP contribution in [0.1, 0.15) is 19.4 Å². The summed E-state index contributed by atoms with van der Waals surface area (Å²) in [6.45, 7) is 4.32. The average Bonchev–Trinajstić information content (AvgIpc) is 2.47. The number of nitrogens with one attached hydrogen (secondary N) is 2. The molecule has 0 aliphatic carbocycles. The molecule has 0 spiro atoms. The maximum absolute atomic E-state index is 11.9. The fraction of sp³-hybridized carbons (Fsp3) is 0.333. The van der Waals surface area contributed by atoms with Crippen LogP contribution in [-0.2, 0) is 20.7 Å². The first-order valence-electron chi connectivity index (χ1n) is 6.55. The summed E-state index contributed by atoms with van der Waals surface area (Å²) in [5.41, 5.74) is 2.03. The van der Waals surface area contributed by atoms with Crippen molar-refractivity contribution in [3.05, 3.63) is 41.6 Å². The Labute approximate surface area is 119 Å². The molecule has 0 fully saturated rings. The maximum atomic E-state index is 11.9. The van der Waals surface area contributed by atoms with Crippen LogP contribution >= 0.6 is 0 Å². The minimum Gasteiger partial charge on any atom is -0.466 e. The van der Waals surface area contributed by atoms with Crippen molar-refractivity contribution in [2.24, 2.45) is 0 Å². The number of benzene rings is 1. The summed E-state index contributed by atoms with van der Waals surface area (Å²) in [5, 5.41) is 5.65. The van der Waals surface area contributed by atoms with Gasteiger partial charge in [-0.2, -0.15) is 0 Å². The van der Waals surface area contributed by atoms with Crippen LogP contribution < -0.4 is 10.6 Å². The minimum absolute atomic E-state index is 0.166. The van der Waals surface area contributed by atoms with Crippen molar-refractivity contribution in [2.75, 3.05) is 19.0 Å². The Balaban J connectivity index is 3.03. The van der Waals surface area contributed by atoms with E-state index in [-0.39, 0.29) is 11.6 Å². The fourth-order valence-electron chi connectivity index (χ4n) is 1.69. The Morgan fingerprint density at radius 3 is 2.55 bits per heavy atom. The van der Waals surface area contributed by atoms with E-state index in [1.54, 1.807) is 0 Å². The molecule has 0 saturated carbocycles. The lowest BCUT2D eigenvalue weighted by molar-refractivity contribution is -0.135. The van der Waals surface area contributed by atoms with Gasteiger partial charge in [0.05, 0.1) is 13.2 Å². The number of methoxy groups -OCH3 is 1. The molecule has 0 aliphatic rings. The van der Waals surface area contributed by atoms with Crippen molar-refractivity contribution < 1.29 is 14.3 Å². The Morgan fingerprint density at radius 2 is 1.95 bits per heavy atom. The van der Waals surface area contributed by atoms with Crippen molar-refractivity contribution in [3.63, 3.8) is 0 Å². The highest BCUT2D eigenvalue weighted by Crippen LogP contribution is 2.17. The van der Waals surface area contributed by atoms with Crippen LogP contribution in [0, 0.1) is 0 Å². The average molecular weight is 276 g/mol. The summed E-state index contributed by atoms with van der Waals surface area (Å²) >= 11 is 0. The summed E-state index contributed by atoms with van der Waals surface area (Å²) in [6, 6.07) is 7.63. The first kappa shape index (κ1) is 15.8. The van der Waals surface area contributed by atoms with Gasteiger partial charge in [-0.15, -0.1) is 0 Å². The van der Waals surface area contributed by atoms with Gasteiger partial charge < -0.3 is 15.4 Å². The first-order valence-corrected chi connectivity index (χ1v) is 6.55. The number of amides is 1. The second-order valence-corrected chi connectivity index (χ2v) is 4.08. The standard InChI is InChI=1S/C15H20N2O3/c1-4-11-8-6-7-9-12(11)17-13(10-14(18)20-3)15(19)16-5-2/h6-10,17H,4-5H2,1-3H3,(H,16,19)/b13-10-. The molecule has 20 heavy (non-hydrogen) atoms. The molecule has 1 aromatic rings. The number of rotatable bonds is 6. The van der Waals surface area contributed by atoms with Crippen LogP contribution in [0.3, 0.4) is 0 Å². The third kappa shape index (κ3) is 4.42. The lowest BCUT2D eigenvalue weighted by atomic mass is 10.1. The highest BCUT2D eigenvalue weighted by molar-refractivity contribution is 6.01. The number of carbonyl (C=O) groups excluding carboxylic acids is 2. The molecule has 0 bridgehead atoms. The van der Waals surface area contributed by atoms with E-state index >= 15 is 0 Å². The molecule has 2 N–H and O–H groups in total. The predicted molar refractivity (Wildman–Crippen MR) is 78.2 cm³/mol. The number of hydrogen-bond acceptors (Lipinski definition) is 4. The summed E-state index contributed by atoms with van der Waals surface area (Å²) in [5.74, 6) is -0.920. The topological polar surface area (TPSA) is 67.4 Å². The Kier molecular flexibility index (Phi) is 6.29.